The minimum Gasteiger partial charge on any atom is -0.399 e. The fourth-order valence-electron chi connectivity index (χ4n) is 1.26. The van der Waals surface area contributed by atoms with E-state index in [0.717, 1.165) is 0 Å². The van der Waals surface area contributed by atoms with E-state index >= 15 is 0 Å². The number of nitrogens with two attached hydrogens (primary N) is 3. The zero-order valence-electron chi connectivity index (χ0n) is 8.89. The zero-order chi connectivity index (χ0) is 13.0. The summed E-state index contributed by atoms with van der Waals surface area (Å²) in [6, 6.07) is 2.91. The second kappa shape index (κ2) is 5.35. The molecule has 92 valence electrons. The molecule has 0 unspecified atom stereocenters. The molecule has 0 aliphatic rings. The quantitative estimate of drug-likeness (QED) is 0.589. The molecule has 0 saturated heterocycles. The van der Waals surface area contributed by atoms with Crippen LogP contribution in [0.3, 0.4) is 0 Å². The van der Waals surface area contributed by atoms with Crippen LogP contribution in [0, 0.1) is 0 Å². The lowest BCUT2D eigenvalue weighted by Crippen LogP contribution is -2.40. The van der Waals surface area contributed by atoms with Crippen LogP contribution < -0.4 is 22.1 Å². The summed E-state index contributed by atoms with van der Waals surface area (Å²) in [7, 11) is 0. The van der Waals surface area contributed by atoms with Crippen LogP contribution in [0.25, 0.3) is 0 Å². The van der Waals surface area contributed by atoms with E-state index in [4.69, 9.17) is 28.8 Å². The van der Waals surface area contributed by atoms with Crippen molar-refractivity contribution >= 4 is 34.9 Å². The molecular weight excluding hydrogens is 246 g/mol. The van der Waals surface area contributed by atoms with Gasteiger partial charge in [0.15, 0.2) is 0 Å². The molecule has 0 aliphatic carbocycles. The number of aromatic nitrogens is 1. The van der Waals surface area contributed by atoms with Gasteiger partial charge in [-0.05, 0) is 6.07 Å². The summed E-state index contributed by atoms with van der Waals surface area (Å²) in [5.74, 6) is -0.967. The molecule has 2 amide bonds. The van der Waals surface area contributed by atoms with Crippen molar-refractivity contribution in [1.82, 2.24) is 4.98 Å². The maximum absolute atomic E-state index is 10.9. The Morgan fingerprint density at radius 2 is 1.76 bits per heavy atom. The first-order valence-electron chi connectivity index (χ1n) is 4.63. The normalized spacial score (nSPS) is 9.94. The summed E-state index contributed by atoms with van der Waals surface area (Å²) < 4.78 is 0. The molecule has 1 rings (SSSR count). The highest BCUT2D eigenvalue weighted by atomic mass is 35.5. The maximum atomic E-state index is 10.9. The van der Waals surface area contributed by atoms with Gasteiger partial charge in [0.1, 0.15) is 11.0 Å². The largest absolute Gasteiger partial charge is 0.399 e. The molecule has 8 heteroatoms. The first-order valence-corrected chi connectivity index (χ1v) is 5.01. The number of nitrogen functional groups attached to an aromatic ring is 1. The number of carbonyl (C=O) groups excluding carboxylic acids is 2. The van der Waals surface area contributed by atoms with E-state index in [1.807, 2.05) is 0 Å². The van der Waals surface area contributed by atoms with Crippen LogP contribution >= 0.6 is 11.6 Å². The van der Waals surface area contributed by atoms with Crippen molar-refractivity contribution in [3.05, 3.63) is 17.3 Å². The summed E-state index contributed by atoms with van der Waals surface area (Å²) in [6.07, 6.45) is 0. The van der Waals surface area contributed by atoms with Gasteiger partial charge >= 0.3 is 0 Å². The summed E-state index contributed by atoms with van der Waals surface area (Å²) in [6.45, 7) is -0.397. The average molecular weight is 258 g/mol. The third-order valence-corrected chi connectivity index (χ3v) is 2.01. The number of rotatable bonds is 5. The second-order valence-electron chi connectivity index (χ2n) is 3.37. The molecule has 7 nitrogen and oxygen atoms in total. The van der Waals surface area contributed by atoms with Crippen LogP contribution in [0.1, 0.15) is 0 Å². The van der Waals surface area contributed by atoms with Crippen LogP contribution in [0.15, 0.2) is 12.1 Å². The van der Waals surface area contributed by atoms with Gasteiger partial charge in [0.25, 0.3) is 0 Å². The first-order chi connectivity index (χ1) is 7.88. The van der Waals surface area contributed by atoms with Gasteiger partial charge in [0.2, 0.25) is 11.8 Å². The Morgan fingerprint density at radius 1 is 1.24 bits per heavy atom. The number of hydrogen-bond acceptors (Lipinski definition) is 5. The molecule has 0 aliphatic heterocycles. The van der Waals surface area contributed by atoms with Gasteiger partial charge in [-0.2, -0.15) is 0 Å². The first kappa shape index (κ1) is 13.0. The van der Waals surface area contributed by atoms with Crippen molar-refractivity contribution in [2.24, 2.45) is 11.5 Å². The highest BCUT2D eigenvalue weighted by Crippen LogP contribution is 2.19. The molecule has 0 aromatic carbocycles. The van der Waals surface area contributed by atoms with E-state index in [0.29, 0.717) is 5.69 Å². The average Bonchev–Trinajstić information content (AvgIpc) is 2.13. The summed E-state index contributed by atoms with van der Waals surface area (Å²) in [4.78, 5) is 27.0. The molecule has 0 spiro atoms. The van der Waals surface area contributed by atoms with Crippen molar-refractivity contribution < 1.29 is 9.59 Å². The minimum absolute atomic E-state index is 0.152. The Bertz CT molecular complexity index is 415. The lowest BCUT2D eigenvalue weighted by molar-refractivity contribution is -0.117. The Labute approximate surface area is 103 Å². The Balaban J connectivity index is 3.02. The molecule has 0 saturated carbocycles. The van der Waals surface area contributed by atoms with Gasteiger partial charge < -0.3 is 22.1 Å². The number of nitrogens with zero attached hydrogens (tertiary/aromatic N) is 2. The van der Waals surface area contributed by atoms with Crippen LogP contribution in [0.2, 0.25) is 5.15 Å². The van der Waals surface area contributed by atoms with E-state index in [9.17, 15) is 9.59 Å². The summed E-state index contributed by atoms with van der Waals surface area (Å²) in [5.41, 5.74) is 16.1. The number of amides is 2. The van der Waals surface area contributed by atoms with Gasteiger partial charge in [-0.1, -0.05) is 11.6 Å². The highest BCUT2D eigenvalue weighted by molar-refractivity contribution is 6.29. The second-order valence-corrected chi connectivity index (χ2v) is 3.76. The fourth-order valence-corrected chi connectivity index (χ4v) is 1.47. The fraction of sp³-hybridized carbons (Fsp3) is 0.222. The van der Waals surface area contributed by atoms with Crippen molar-refractivity contribution in [2.75, 3.05) is 23.7 Å². The van der Waals surface area contributed by atoms with Crippen molar-refractivity contribution in [1.29, 1.82) is 0 Å². The van der Waals surface area contributed by atoms with E-state index in [1.165, 1.54) is 17.0 Å². The third kappa shape index (κ3) is 4.15. The Morgan fingerprint density at radius 3 is 2.18 bits per heavy atom. The predicted molar refractivity (Wildman–Crippen MR) is 64.3 cm³/mol. The summed E-state index contributed by atoms with van der Waals surface area (Å²) in [5, 5.41) is 0.152. The molecule has 1 aromatic rings. The minimum atomic E-state index is -0.619. The number of primary amides is 2. The van der Waals surface area contributed by atoms with Crippen LogP contribution in [0.5, 0.6) is 0 Å². The number of pyridine rings is 1. The molecule has 0 atom stereocenters. The monoisotopic (exact) mass is 257 g/mol. The molecule has 0 bridgehead atoms. The van der Waals surface area contributed by atoms with E-state index in [2.05, 4.69) is 4.98 Å². The molecule has 0 radical (unpaired) electrons. The molecule has 0 fully saturated rings. The number of halogens is 1. The smallest absolute Gasteiger partial charge is 0.237 e. The van der Waals surface area contributed by atoms with Gasteiger partial charge in [0.05, 0.1) is 13.1 Å². The molecular formula is C9H12ClN5O2. The van der Waals surface area contributed by atoms with Crippen LogP contribution in [-0.2, 0) is 9.59 Å². The van der Waals surface area contributed by atoms with Gasteiger partial charge in [-0.15, -0.1) is 0 Å². The Hall–Kier alpha value is -2.02. The number of anilines is 2. The van der Waals surface area contributed by atoms with Gasteiger partial charge in [-0.25, -0.2) is 4.98 Å². The van der Waals surface area contributed by atoms with Crippen molar-refractivity contribution in [3.8, 4) is 0 Å². The van der Waals surface area contributed by atoms with E-state index in [1.54, 1.807) is 0 Å². The molecule has 17 heavy (non-hydrogen) atoms. The van der Waals surface area contributed by atoms with E-state index in [-0.39, 0.29) is 24.1 Å². The highest BCUT2D eigenvalue weighted by Gasteiger charge is 2.14. The standard InChI is InChI=1S/C9H12ClN5O2/c10-6-1-5(11)2-9(14-6)15(3-7(12)16)4-8(13)17/h1-2H,3-4H2,(H2,11,14)(H2,12,16)(H2,13,17). The number of hydrogen-bond donors (Lipinski definition) is 3. The molecule has 1 heterocycles. The topological polar surface area (TPSA) is 128 Å². The van der Waals surface area contributed by atoms with Gasteiger partial charge in [0, 0.05) is 11.8 Å². The Kier molecular flexibility index (Phi) is 4.11. The number of carbonyl (C=O) groups is 2. The summed E-state index contributed by atoms with van der Waals surface area (Å²) >= 11 is 5.72. The SMILES string of the molecule is NC(=O)CN(CC(N)=O)c1cc(N)cc(Cl)n1. The molecule has 6 N–H and O–H groups in total. The maximum Gasteiger partial charge on any atom is 0.237 e. The zero-order valence-corrected chi connectivity index (χ0v) is 9.65. The van der Waals surface area contributed by atoms with Crippen molar-refractivity contribution in [3.63, 3.8) is 0 Å². The van der Waals surface area contributed by atoms with E-state index < -0.39 is 11.8 Å². The van der Waals surface area contributed by atoms with Crippen LogP contribution in [-0.4, -0.2) is 29.9 Å². The van der Waals surface area contributed by atoms with Crippen LogP contribution in [0.4, 0.5) is 11.5 Å². The predicted octanol–water partition coefficient (Wildman–Crippen LogP) is -0.906. The molecule has 1 aromatic heterocycles. The van der Waals surface area contributed by atoms with Crippen molar-refractivity contribution in [2.45, 2.75) is 0 Å². The lowest BCUT2D eigenvalue weighted by Gasteiger charge is -2.20. The third-order valence-electron chi connectivity index (χ3n) is 1.82. The lowest BCUT2D eigenvalue weighted by atomic mass is 10.3. The van der Waals surface area contributed by atoms with Gasteiger partial charge in [-0.3, -0.25) is 9.59 Å².